The Bertz CT molecular complexity index is 515. The van der Waals surface area contributed by atoms with Crippen molar-refractivity contribution in [2.24, 2.45) is 5.92 Å². The highest BCUT2D eigenvalue weighted by atomic mass is 16.5. The molecule has 0 spiro atoms. The number of hydrogen-bond donors (Lipinski definition) is 2. The van der Waals surface area contributed by atoms with Crippen LogP contribution in [0.5, 0.6) is 5.75 Å². The molecule has 1 aromatic carbocycles. The Morgan fingerprint density at radius 1 is 1.43 bits per heavy atom. The second kappa shape index (κ2) is 7.11. The first-order valence-corrected chi connectivity index (χ1v) is 7.29. The van der Waals surface area contributed by atoms with Gasteiger partial charge in [-0.15, -0.1) is 0 Å². The molecule has 0 aromatic heterocycles. The smallest absolute Gasteiger partial charge is 0.303 e. The Hall–Kier alpha value is -2.04. The molecule has 1 heterocycles. The number of carboxylic acids is 1. The van der Waals surface area contributed by atoms with E-state index < -0.39 is 5.97 Å². The summed E-state index contributed by atoms with van der Waals surface area (Å²) in [4.78, 5) is 22.8. The maximum absolute atomic E-state index is 12.3. The normalized spacial score (nSPS) is 18.2. The molecule has 21 heavy (non-hydrogen) atoms. The lowest BCUT2D eigenvalue weighted by Gasteiger charge is -2.25. The van der Waals surface area contributed by atoms with Gasteiger partial charge in [-0.1, -0.05) is 25.1 Å². The molecule has 0 fully saturated rings. The van der Waals surface area contributed by atoms with Crippen LogP contribution in [0.25, 0.3) is 0 Å². The number of fused-ring (bicyclic) bond motifs is 1. The summed E-state index contributed by atoms with van der Waals surface area (Å²) in [5.41, 5.74) is 0.930. The Kier molecular flexibility index (Phi) is 5.20. The molecule has 2 N–H and O–H groups in total. The van der Waals surface area contributed by atoms with Crippen LogP contribution < -0.4 is 10.1 Å². The summed E-state index contributed by atoms with van der Waals surface area (Å²) in [6.07, 6.45) is 1.38. The molecule has 0 aliphatic carbocycles. The highest BCUT2D eigenvalue weighted by Crippen LogP contribution is 2.33. The fraction of sp³-hybridized carbons (Fsp3) is 0.500. The minimum absolute atomic E-state index is 0.00655. The molecule has 0 bridgehead atoms. The molecule has 0 saturated carbocycles. The quantitative estimate of drug-likeness (QED) is 0.842. The van der Waals surface area contributed by atoms with Gasteiger partial charge in [-0.05, 0) is 24.8 Å². The number of carbonyl (C=O) groups excluding carboxylic acids is 1. The Balaban J connectivity index is 1.88. The van der Waals surface area contributed by atoms with Gasteiger partial charge in [0.2, 0.25) is 5.91 Å². The van der Waals surface area contributed by atoms with Crippen LogP contribution in [-0.4, -0.2) is 30.1 Å². The first kappa shape index (κ1) is 15.4. The van der Waals surface area contributed by atoms with E-state index in [1.165, 1.54) is 0 Å². The van der Waals surface area contributed by atoms with E-state index in [4.69, 9.17) is 9.84 Å². The zero-order valence-electron chi connectivity index (χ0n) is 12.2. The summed E-state index contributed by atoms with van der Waals surface area (Å²) in [5, 5.41) is 11.6. The summed E-state index contributed by atoms with van der Waals surface area (Å²) >= 11 is 0. The van der Waals surface area contributed by atoms with E-state index in [1.807, 2.05) is 31.2 Å². The number of ether oxygens (including phenoxy) is 1. The molecule has 0 radical (unpaired) electrons. The van der Waals surface area contributed by atoms with E-state index >= 15 is 0 Å². The fourth-order valence-electron chi connectivity index (χ4n) is 2.48. The summed E-state index contributed by atoms with van der Waals surface area (Å²) < 4.78 is 5.55. The van der Waals surface area contributed by atoms with E-state index in [-0.39, 0.29) is 24.2 Å². The van der Waals surface area contributed by atoms with Crippen molar-refractivity contribution in [3.05, 3.63) is 29.8 Å². The third-order valence-electron chi connectivity index (χ3n) is 3.75. The van der Waals surface area contributed by atoms with E-state index in [0.717, 1.165) is 11.3 Å². The first-order chi connectivity index (χ1) is 10.1. The molecular formula is C16H21NO4. The highest BCUT2D eigenvalue weighted by molar-refractivity contribution is 5.84. The first-order valence-electron chi connectivity index (χ1n) is 7.29. The Morgan fingerprint density at radius 2 is 2.19 bits per heavy atom. The second-order valence-electron chi connectivity index (χ2n) is 5.51. The maximum Gasteiger partial charge on any atom is 0.303 e. The minimum Gasteiger partial charge on any atom is -0.493 e. The summed E-state index contributed by atoms with van der Waals surface area (Å²) in [7, 11) is 0. The van der Waals surface area contributed by atoms with Gasteiger partial charge in [-0.3, -0.25) is 9.59 Å². The van der Waals surface area contributed by atoms with Crippen LogP contribution in [0.4, 0.5) is 0 Å². The molecule has 2 atom stereocenters. The zero-order valence-corrected chi connectivity index (χ0v) is 12.2. The standard InChI is InChI=1S/C16H21NO4/c1-11(6-7-15(18)19)10-17-16(20)13-8-9-21-14-5-3-2-4-12(13)14/h2-5,11,13H,6-10H2,1H3,(H,17,20)(H,18,19). The molecule has 2 unspecified atom stereocenters. The van der Waals surface area contributed by atoms with Crippen molar-refractivity contribution < 1.29 is 19.4 Å². The van der Waals surface area contributed by atoms with Crippen molar-refractivity contribution in [1.29, 1.82) is 0 Å². The molecule has 2 rings (SSSR count). The van der Waals surface area contributed by atoms with Gasteiger partial charge in [0.25, 0.3) is 0 Å². The average Bonchev–Trinajstić information content (AvgIpc) is 2.50. The molecule has 1 aliphatic rings. The van der Waals surface area contributed by atoms with Crippen molar-refractivity contribution in [2.75, 3.05) is 13.2 Å². The summed E-state index contributed by atoms with van der Waals surface area (Å²) in [6.45, 7) is 3.00. The number of aliphatic carboxylic acids is 1. The molecule has 5 nitrogen and oxygen atoms in total. The van der Waals surface area contributed by atoms with Gasteiger partial charge in [-0.2, -0.15) is 0 Å². The molecule has 114 valence electrons. The number of hydrogen-bond acceptors (Lipinski definition) is 3. The number of rotatable bonds is 6. The van der Waals surface area contributed by atoms with Crippen molar-refractivity contribution >= 4 is 11.9 Å². The van der Waals surface area contributed by atoms with Gasteiger partial charge in [0.15, 0.2) is 0 Å². The van der Waals surface area contributed by atoms with E-state index in [9.17, 15) is 9.59 Å². The Labute approximate surface area is 124 Å². The maximum atomic E-state index is 12.3. The van der Waals surface area contributed by atoms with Crippen LogP contribution >= 0.6 is 0 Å². The monoisotopic (exact) mass is 291 g/mol. The predicted octanol–water partition coefficient (Wildman–Crippen LogP) is 2.17. The SMILES string of the molecule is CC(CCC(=O)O)CNC(=O)C1CCOc2ccccc21. The van der Waals surface area contributed by atoms with Crippen molar-refractivity contribution in [2.45, 2.75) is 32.1 Å². The van der Waals surface area contributed by atoms with Crippen molar-refractivity contribution in [3.8, 4) is 5.75 Å². The van der Waals surface area contributed by atoms with Crippen LogP contribution in [0.1, 0.15) is 37.7 Å². The van der Waals surface area contributed by atoms with Crippen molar-refractivity contribution in [3.63, 3.8) is 0 Å². The number of para-hydroxylation sites is 1. The second-order valence-corrected chi connectivity index (χ2v) is 5.51. The molecule has 1 aliphatic heterocycles. The van der Waals surface area contributed by atoms with Crippen LogP contribution in [0.3, 0.4) is 0 Å². The van der Waals surface area contributed by atoms with Gasteiger partial charge in [0, 0.05) is 18.5 Å². The number of benzene rings is 1. The average molecular weight is 291 g/mol. The molecule has 5 heteroatoms. The van der Waals surface area contributed by atoms with Crippen molar-refractivity contribution in [1.82, 2.24) is 5.32 Å². The summed E-state index contributed by atoms with van der Waals surface area (Å²) in [5.74, 6) is -0.0518. The zero-order chi connectivity index (χ0) is 15.2. The fourth-order valence-corrected chi connectivity index (χ4v) is 2.48. The predicted molar refractivity (Wildman–Crippen MR) is 78.3 cm³/mol. The lowest BCUT2D eigenvalue weighted by molar-refractivity contribution is -0.137. The number of amides is 1. The molecule has 1 amide bonds. The van der Waals surface area contributed by atoms with Gasteiger partial charge < -0.3 is 15.2 Å². The molecule has 0 saturated heterocycles. The van der Waals surface area contributed by atoms with Gasteiger partial charge in [0.1, 0.15) is 5.75 Å². The largest absolute Gasteiger partial charge is 0.493 e. The van der Waals surface area contributed by atoms with Crippen LogP contribution in [0.2, 0.25) is 0 Å². The van der Waals surface area contributed by atoms with Crippen LogP contribution in [-0.2, 0) is 9.59 Å². The lowest BCUT2D eigenvalue weighted by Crippen LogP contribution is -2.35. The third-order valence-corrected chi connectivity index (χ3v) is 3.75. The lowest BCUT2D eigenvalue weighted by atomic mass is 9.92. The number of carboxylic acid groups (broad SMARTS) is 1. The summed E-state index contributed by atoms with van der Waals surface area (Å²) in [6, 6.07) is 7.60. The van der Waals surface area contributed by atoms with E-state index in [0.29, 0.717) is 26.0 Å². The third kappa shape index (κ3) is 4.21. The molecule has 1 aromatic rings. The van der Waals surface area contributed by atoms with Gasteiger partial charge >= 0.3 is 5.97 Å². The van der Waals surface area contributed by atoms with Crippen LogP contribution in [0.15, 0.2) is 24.3 Å². The van der Waals surface area contributed by atoms with E-state index in [2.05, 4.69) is 5.32 Å². The van der Waals surface area contributed by atoms with E-state index in [1.54, 1.807) is 0 Å². The molecular weight excluding hydrogens is 270 g/mol. The minimum atomic E-state index is -0.800. The topological polar surface area (TPSA) is 75.6 Å². The number of carbonyl (C=O) groups is 2. The Morgan fingerprint density at radius 3 is 2.95 bits per heavy atom. The van der Waals surface area contributed by atoms with Crippen LogP contribution in [0, 0.1) is 5.92 Å². The number of nitrogens with one attached hydrogen (secondary N) is 1. The van der Waals surface area contributed by atoms with Gasteiger partial charge in [0.05, 0.1) is 12.5 Å². The van der Waals surface area contributed by atoms with Gasteiger partial charge in [-0.25, -0.2) is 0 Å². The highest BCUT2D eigenvalue weighted by Gasteiger charge is 2.27.